The Hall–Kier alpha value is -2.85. The van der Waals surface area contributed by atoms with Gasteiger partial charge in [0.2, 0.25) is 5.75 Å². The number of ether oxygens (including phenoxy) is 3. The quantitative estimate of drug-likeness (QED) is 0.428. The third kappa shape index (κ3) is 11.6. The van der Waals surface area contributed by atoms with Crippen LogP contribution in [-0.2, 0) is 14.4 Å². The van der Waals surface area contributed by atoms with E-state index in [9.17, 15) is 9.90 Å². The molecule has 0 fully saturated rings. The van der Waals surface area contributed by atoms with Gasteiger partial charge in [-0.05, 0) is 17.7 Å². The Morgan fingerprint density at radius 1 is 0.962 bits per heavy atom. The fourth-order valence-electron chi connectivity index (χ4n) is 1.44. The summed E-state index contributed by atoms with van der Waals surface area (Å²) in [6.07, 6.45) is -1.06. The minimum atomic E-state index is -1.06. The lowest BCUT2D eigenvalue weighted by Crippen LogP contribution is -2.08. The molecule has 0 amide bonds. The molecule has 0 saturated carbocycles. The van der Waals surface area contributed by atoms with Gasteiger partial charge in [0.05, 0.1) is 20.8 Å². The number of aliphatic carboxylic acids is 2. The molecule has 10 heteroatoms. The first-order valence-corrected chi connectivity index (χ1v) is 7.12. The van der Waals surface area contributed by atoms with Crippen molar-refractivity contribution in [2.24, 2.45) is 0 Å². The minimum absolute atomic E-state index is 0.140. The zero-order chi connectivity index (χ0) is 20.9. The molecule has 1 aromatic rings. The van der Waals surface area contributed by atoms with Crippen LogP contribution in [0.3, 0.4) is 0 Å². The molecule has 0 heterocycles. The van der Waals surface area contributed by atoms with E-state index < -0.39 is 30.6 Å². The van der Waals surface area contributed by atoms with Crippen LogP contribution in [0.2, 0.25) is 0 Å². The van der Waals surface area contributed by atoms with Crippen LogP contribution in [0, 0.1) is 0 Å². The van der Waals surface area contributed by atoms with Gasteiger partial charge in [-0.1, -0.05) is 0 Å². The average molecular weight is 376 g/mol. The van der Waals surface area contributed by atoms with Crippen molar-refractivity contribution < 1.29 is 49.0 Å². The first-order chi connectivity index (χ1) is 12.0. The Morgan fingerprint density at radius 3 is 1.54 bits per heavy atom. The van der Waals surface area contributed by atoms with Gasteiger partial charge in [-0.25, -0.2) is 0 Å². The number of methoxy groups -OCH3 is 2. The number of hydrogen-bond acceptors (Lipinski definition) is 8. The number of benzene rings is 1. The van der Waals surface area contributed by atoms with E-state index in [1.54, 1.807) is 0 Å². The molecule has 1 aromatic carbocycles. The molecule has 4 N–H and O–H groups in total. The van der Waals surface area contributed by atoms with Crippen molar-refractivity contribution in [3.8, 4) is 17.2 Å². The third-order valence-electron chi connectivity index (χ3n) is 2.29. The summed E-state index contributed by atoms with van der Waals surface area (Å²) < 4.78 is 15.1. The van der Waals surface area contributed by atoms with Gasteiger partial charge in [-0.15, -0.1) is 0 Å². The lowest BCUT2D eigenvalue weighted by Gasteiger charge is -2.16. The van der Waals surface area contributed by atoms with Crippen molar-refractivity contribution in [3.63, 3.8) is 0 Å². The molecule has 0 saturated heterocycles. The minimum Gasteiger partial charge on any atom is -0.493 e. The second kappa shape index (κ2) is 13.4. The second-order valence-electron chi connectivity index (χ2n) is 4.58. The van der Waals surface area contributed by atoms with Gasteiger partial charge in [0.1, 0.15) is 6.10 Å². The molecule has 1 rings (SSSR count). The molecule has 148 valence electrons. The zero-order valence-corrected chi connectivity index (χ0v) is 15.2. The first kappa shape index (κ1) is 25.4. The highest BCUT2D eigenvalue weighted by Crippen LogP contribution is 2.40. The summed E-state index contributed by atoms with van der Waals surface area (Å²) in [5.74, 6) is -1.55. The fraction of sp³-hybridized carbons (Fsp3) is 0.438. The largest absolute Gasteiger partial charge is 0.493 e. The van der Waals surface area contributed by atoms with Gasteiger partial charge in [0.15, 0.2) is 11.5 Å². The highest BCUT2D eigenvalue weighted by atomic mass is 16.6. The van der Waals surface area contributed by atoms with Gasteiger partial charge in [0, 0.05) is 20.8 Å². The van der Waals surface area contributed by atoms with E-state index in [0.717, 1.165) is 13.8 Å². The predicted octanol–water partition coefficient (Wildman–Crippen LogP) is 0.837. The number of carboxylic acids is 2. The molecule has 0 aromatic heterocycles. The van der Waals surface area contributed by atoms with Gasteiger partial charge < -0.3 is 34.6 Å². The smallest absolute Gasteiger partial charge is 0.308 e. The van der Waals surface area contributed by atoms with E-state index >= 15 is 0 Å². The molecule has 0 aliphatic rings. The van der Waals surface area contributed by atoms with Crippen molar-refractivity contribution in [3.05, 3.63) is 17.7 Å². The van der Waals surface area contributed by atoms with E-state index in [-0.39, 0.29) is 17.2 Å². The summed E-state index contributed by atoms with van der Waals surface area (Å²) in [7, 11) is 2.80. The fourth-order valence-corrected chi connectivity index (χ4v) is 1.44. The standard InChI is InChI=1S/C12H16O6.2C2H4O2/c1-7(14)18-12-10(16-2)4-8(9(15)6-13)5-11(12)17-3;2*1-2(3)4/h4-5,9,13,15H,6H2,1-3H3;2*1H3,(H,3,4). The molecule has 0 radical (unpaired) electrons. The number of aliphatic hydroxyl groups excluding tert-OH is 2. The summed E-state index contributed by atoms with van der Waals surface area (Å²) in [5, 5.41) is 33.3. The van der Waals surface area contributed by atoms with Crippen LogP contribution in [0.1, 0.15) is 32.4 Å². The number of hydrogen-bond donors (Lipinski definition) is 4. The SMILES string of the molecule is CC(=O)O.CC(=O)O.COc1cc(C(O)CO)cc(OC)c1OC(C)=O. The Balaban J connectivity index is 0. The van der Waals surface area contributed by atoms with Crippen molar-refractivity contribution in [2.75, 3.05) is 20.8 Å². The average Bonchev–Trinajstić information content (AvgIpc) is 2.52. The van der Waals surface area contributed by atoms with Gasteiger partial charge in [0.25, 0.3) is 11.9 Å². The first-order valence-electron chi connectivity index (χ1n) is 7.12. The molecule has 0 aliphatic carbocycles. The molecular formula is C16H24O10. The second-order valence-corrected chi connectivity index (χ2v) is 4.58. The summed E-state index contributed by atoms with van der Waals surface area (Å²) >= 11 is 0. The number of carbonyl (C=O) groups is 3. The third-order valence-corrected chi connectivity index (χ3v) is 2.29. The number of rotatable bonds is 5. The molecule has 26 heavy (non-hydrogen) atoms. The Bertz CT molecular complexity index is 552. The van der Waals surface area contributed by atoms with Crippen molar-refractivity contribution in [2.45, 2.75) is 26.9 Å². The van der Waals surface area contributed by atoms with Crippen LogP contribution in [0.25, 0.3) is 0 Å². The van der Waals surface area contributed by atoms with Crippen LogP contribution in [0.15, 0.2) is 12.1 Å². The summed E-state index contributed by atoms with van der Waals surface area (Å²) in [6.45, 7) is 2.99. The molecule has 0 bridgehead atoms. The molecule has 0 spiro atoms. The molecule has 0 aliphatic heterocycles. The molecular weight excluding hydrogens is 352 g/mol. The van der Waals surface area contributed by atoms with Gasteiger partial charge >= 0.3 is 5.97 Å². The zero-order valence-electron chi connectivity index (χ0n) is 15.2. The lowest BCUT2D eigenvalue weighted by molar-refractivity contribution is -0.135. The van der Waals surface area contributed by atoms with Crippen LogP contribution in [-0.4, -0.2) is 59.2 Å². The number of aliphatic hydroxyl groups is 2. The lowest BCUT2D eigenvalue weighted by atomic mass is 10.1. The maximum Gasteiger partial charge on any atom is 0.308 e. The van der Waals surface area contributed by atoms with Crippen LogP contribution < -0.4 is 14.2 Å². The van der Waals surface area contributed by atoms with Gasteiger partial charge in [-0.2, -0.15) is 0 Å². The summed E-state index contributed by atoms with van der Waals surface area (Å²) in [6, 6.07) is 2.95. The van der Waals surface area contributed by atoms with Gasteiger partial charge in [-0.3, -0.25) is 14.4 Å². The van der Waals surface area contributed by atoms with Crippen LogP contribution in [0.4, 0.5) is 0 Å². The molecule has 1 unspecified atom stereocenters. The molecule has 10 nitrogen and oxygen atoms in total. The number of carboxylic acid groups (broad SMARTS) is 2. The maximum absolute atomic E-state index is 11.0. The van der Waals surface area contributed by atoms with E-state index in [1.165, 1.54) is 33.3 Å². The summed E-state index contributed by atoms with van der Waals surface area (Å²) in [5.41, 5.74) is 0.405. The highest BCUT2D eigenvalue weighted by Gasteiger charge is 2.18. The normalized spacial score (nSPS) is 10.1. The van der Waals surface area contributed by atoms with Crippen LogP contribution in [0.5, 0.6) is 17.2 Å². The number of carbonyl (C=O) groups excluding carboxylic acids is 1. The van der Waals surface area contributed by atoms with Crippen molar-refractivity contribution in [1.29, 1.82) is 0 Å². The molecule has 1 atom stereocenters. The Morgan fingerprint density at radius 2 is 1.31 bits per heavy atom. The summed E-state index contributed by atoms with van der Waals surface area (Å²) in [4.78, 5) is 29.0. The topological polar surface area (TPSA) is 160 Å². The highest BCUT2D eigenvalue weighted by molar-refractivity contribution is 5.72. The van der Waals surface area contributed by atoms with E-state index in [2.05, 4.69) is 0 Å². The Labute approximate surface area is 150 Å². The number of esters is 1. The van der Waals surface area contributed by atoms with Crippen molar-refractivity contribution in [1.82, 2.24) is 0 Å². The van der Waals surface area contributed by atoms with Crippen LogP contribution >= 0.6 is 0 Å². The van der Waals surface area contributed by atoms with E-state index in [1.807, 2.05) is 0 Å². The maximum atomic E-state index is 11.0. The van der Waals surface area contributed by atoms with E-state index in [4.69, 9.17) is 39.1 Å². The predicted molar refractivity (Wildman–Crippen MR) is 89.5 cm³/mol. The van der Waals surface area contributed by atoms with E-state index in [0.29, 0.717) is 5.56 Å². The Kier molecular flexibility index (Phi) is 13.1. The monoisotopic (exact) mass is 376 g/mol. The van der Waals surface area contributed by atoms with Crippen molar-refractivity contribution >= 4 is 17.9 Å².